The number of carbonyl (C=O) groups excluding carboxylic acids is 1. The molecule has 1 aliphatic rings. The predicted molar refractivity (Wildman–Crippen MR) is 140 cm³/mol. The fourth-order valence-electron chi connectivity index (χ4n) is 4.36. The van der Waals surface area contributed by atoms with Crippen molar-refractivity contribution in [2.75, 3.05) is 50.5 Å². The van der Waals surface area contributed by atoms with Crippen LogP contribution in [0.5, 0.6) is 0 Å². The average Bonchev–Trinajstić information content (AvgIpc) is 3.26. The number of likely N-dealkylation sites (tertiary alicyclic amines) is 1. The maximum atomic E-state index is 12.7. The van der Waals surface area contributed by atoms with E-state index in [0.717, 1.165) is 61.4 Å². The number of fused-ring (bicyclic) bond motifs is 1. The summed E-state index contributed by atoms with van der Waals surface area (Å²) in [6.07, 6.45) is 3.48. The van der Waals surface area contributed by atoms with Crippen molar-refractivity contribution in [1.29, 1.82) is 0 Å². The molecule has 0 amide bonds. The van der Waals surface area contributed by atoms with Crippen molar-refractivity contribution in [2.45, 2.75) is 18.9 Å². The Labute approximate surface area is 201 Å². The minimum atomic E-state index is -0.182. The number of aromatic nitrogens is 1. The second-order valence-corrected chi connectivity index (χ2v) is 8.42. The van der Waals surface area contributed by atoms with Crippen LogP contribution in [-0.4, -0.2) is 61.3 Å². The third kappa shape index (κ3) is 5.69. The van der Waals surface area contributed by atoms with Gasteiger partial charge in [0.2, 0.25) is 0 Å². The van der Waals surface area contributed by atoms with Crippen LogP contribution in [-0.2, 0) is 4.74 Å². The number of methoxy groups -OCH3 is 1. The molecular formula is C28H32N4O2. The molecule has 1 aliphatic heterocycles. The molecule has 0 radical (unpaired) electrons. The van der Waals surface area contributed by atoms with E-state index in [1.165, 1.54) is 6.08 Å². The Kier molecular flexibility index (Phi) is 8.03. The number of anilines is 2. The number of allylic oxidation sites excluding steroid dienone is 1. The van der Waals surface area contributed by atoms with Gasteiger partial charge < -0.3 is 20.3 Å². The van der Waals surface area contributed by atoms with Crippen LogP contribution in [0, 0.1) is 11.8 Å². The number of para-hydroxylation sites is 1. The van der Waals surface area contributed by atoms with Gasteiger partial charge in [0.05, 0.1) is 18.7 Å². The van der Waals surface area contributed by atoms with Crippen LogP contribution in [0.2, 0.25) is 0 Å². The van der Waals surface area contributed by atoms with E-state index < -0.39 is 0 Å². The Hall–Kier alpha value is -3.53. The molecule has 2 heterocycles. The Bertz CT molecular complexity index is 1180. The number of hydrogen-bond donors (Lipinski definition) is 2. The second-order valence-electron chi connectivity index (χ2n) is 8.42. The molecule has 6 heteroatoms. The lowest BCUT2D eigenvalue weighted by atomic mass is 10.0. The molecule has 0 aliphatic carbocycles. The summed E-state index contributed by atoms with van der Waals surface area (Å²) in [5.74, 6) is 6.15. The van der Waals surface area contributed by atoms with E-state index in [0.29, 0.717) is 18.3 Å². The maximum Gasteiger partial charge on any atom is 0.255 e. The molecule has 3 aromatic rings. The van der Waals surface area contributed by atoms with Gasteiger partial charge in [-0.3, -0.25) is 9.36 Å². The summed E-state index contributed by atoms with van der Waals surface area (Å²) >= 11 is 0. The van der Waals surface area contributed by atoms with Gasteiger partial charge in [0.25, 0.3) is 5.91 Å². The fraction of sp³-hybridized carbons (Fsp3) is 0.321. The van der Waals surface area contributed by atoms with Gasteiger partial charge in [-0.05, 0) is 55.2 Å². The van der Waals surface area contributed by atoms with Crippen molar-refractivity contribution < 1.29 is 9.53 Å². The van der Waals surface area contributed by atoms with Gasteiger partial charge in [0, 0.05) is 49.5 Å². The molecule has 1 saturated heterocycles. The minimum absolute atomic E-state index is 0.182. The van der Waals surface area contributed by atoms with Crippen molar-refractivity contribution in [3.8, 4) is 11.8 Å². The first kappa shape index (κ1) is 23.6. The zero-order chi connectivity index (χ0) is 23.8. The summed E-state index contributed by atoms with van der Waals surface area (Å²) in [5.41, 5.74) is 3.55. The van der Waals surface area contributed by atoms with Crippen LogP contribution >= 0.6 is 0 Å². The number of piperidine rings is 1. The quantitative estimate of drug-likeness (QED) is 0.387. The van der Waals surface area contributed by atoms with Crippen molar-refractivity contribution in [3.63, 3.8) is 0 Å². The number of ether oxygens (including phenoxy) is 1. The highest BCUT2D eigenvalue weighted by atomic mass is 16.5. The summed E-state index contributed by atoms with van der Waals surface area (Å²) in [5, 5.41) is 8.00. The van der Waals surface area contributed by atoms with Gasteiger partial charge >= 0.3 is 0 Å². The molecule has 1 fully saturated rings. The lowest BCUT2D eigenvalue weighted by Gasteiger charge is -2.32. The second kappa shape index (κ2) is 11.6. The van der Waals surface area contributed by atoms with Crippen LogP contribution in [0.3, 0.4) is 0 Å². The highest BCUT2D eigenvalue weighted by Crippen LogP contribution is 2.29. The normalized spacial score (nSPS) is 14.4. The van der Waals surface area contributed by atoms with Crippen molar-refractivity contribution in [1.82, 2.24) is 9.47 Å². The molecule has 34 heavy (non-hydrogen) atoms. The number of nitrogens with zero attached hydrogens (tertiary/aromatic N) is 2. The first-order valence-electron chi connectivity index (χ1n) is 11.8. The SMILES string of the molecule is C=CC(=O)n1c(C#CCNc2ccccc2)cc2c(NC3CCN(CCOC)CC3)cccc21. The fourth-order valence-corrected chi connectivity index (χ4v) is 4.36. The van der Waals surface area contributed by atoms with E-state index in [2.05, 4.69) is 40.0 Å². The number of rotatable bonds is 8. The zero-order valence-corrected chi connectivity index (χ0v) is 19.7. The van der Waals surface area contributed by atoms with E-state index in [1.54, 1.807) is 11.7 Å². The average molecular weight is 457 g/mol. The van der Waals surface area contributed by atoms with Gasteiger partial charge in [-0.25, -0.2) is 0 Å². The van der Waals surface area contributed by atoms with Crippen LogP contribution in [0.25, 0.3) is 10.9 Å². The zero-order valence-electron chi connectivity index (χ0n) is 19.7. The van der Waals surface area contributed by atoms with Crippen molar-refractivity contribution >= 4 is 28.2 Å². The molecule has 0 spiro atoms. The predicted octanol–water partition coefficient (Wildman–Crippen LogP) is 4.45. The number of carbonyl (C=O) groups is 1. The van der Waals surface area contributed by atoms with Gasteiger partial charge in [0.1, 0.15) is 5.69 Å². The van der Waals surface area contributed by atoms with E-state index in [-0.39, 0.29) is 5.91 Å². The number of hydrogen-bond acceptors (Lipinski definition) is 5. The first-order chi connectivity index (χ1) is 16.7. The molecular weight excluding hydrogens is 424 g/mol. The van der Waals surface area contributed by atoms with Gasteiger partial charge in [0.15, 0.2) is 0 Å². The monoisotopic (exact) mass is 456 g/mol. The molecule has 6 nitrogen and oxygen atoms in total. The Morgan fingerprint density at radius 3 is 2.71 bits per heavy atom. The summed E-state index contributed by atoms with van der Waals surface area (Å²) in [6.45, 7) is 8.03. The summed E-state index contributed by atoms with van der Waals surface area (Å²) in [7, 11) is 1.75. The maximum absolute atomic E-state index is 12.7. The Morgan fingerprint density at radius 1 is 1.18 bits per heavy atom. The van der Waals surface area contributed by atoms with E-state index in [1.807, 2.05) is 48.5 Å². The summed E-state index contributed by atoms with van der Waals surface area (Å²) < 4.78 is 6.85. The smallest absolute Gasteiger partial charge is 0.255 e. The van der Waals surface area contributed by atoms with Crippen molar-refractivity contribution in [3.05, 3.63) is 72.9 Å². The molecule has 176 valence electrons. The summed E-state index contributed by atoms with van der Waals surface area (Å²) in [6, 6.07) is 18.4. The van der Waals surface area contributed by atoms with Crippen LogP contribution in [0.1, 0.15) is 23.3 Å². The Morgan fingerprint density at radius 2 is 1.97 bits per heavy atom. The van der Waals surface area contributed by atoms with E-state index in [4.69, 9.17) is 4.74 Å². The molecule has 0 saturated carbocycles. The first-order valence-corrected chi connectivity index (χ1v) is 11.8. The molecule has 0 bridgehead atoms. The standard InChI is InChI=1S/C28H32N4O2/c1-3-28(33)32-24(11-8-16-29-22-9-5-4-6-10-22)21-25-26(12-7-13-27(25)32)30-23-14-17-31(18-15-23)19-20-34-2/h3-7,9-10,12-13,21,23,29-30H,1,14-20H2,2H3. The minimum Gasteiger partial charge on any atom is -0.383 e. The number of benzene rings is 2. The third-order valence-electron chi connectivity index (χ3n) is 6.17. The van der Waals surface area contributed by atoms with Crippen LogP contribution < -0.4 is 10.6 Å². The van der Waals surface area contributed by atoms with Gasteiger partial charge in [-0.1, -0.05) is 36.8 Å². The molecule has 4 rings (SSSR count). The largest absolute Gasteiger partial charge is 0.383 e. The van der Waals surface area contributed by atoms with Gasteiger partial charge in [-0.15, -0.1) is 0 Å². The third-order valence-corrected chi connectivity index (χ3v) is 6.17. The van der Waals surface area contributed by atoms with E-state index >= 15 is 0 Å². The molecule has 0 unspecified atom stereocenters. The van der Waals surface area contributed by atoms with Crippen molar-refractivity contribution in [2.24, 2.45) is 0 Å². The highest BCUT2D eigenvalue weighted by Gasteiger charge is 2.20. The van der Waals surface area contributed by atoms with Gasteiger partial charge in [-0.2, -0.15) is 0 Å². The molecule has 2 N–H and O–H groups in total. The molecule has 0 atom stereocenters. The Balaban J connectivity index is 1.52. The highest BCUT2D eigenvalue weighted by molar-refractivity contribution is 6.03. The number of nitrogens with one attached hydrogen (secondary N) is 2. The van der Waals surface area contributed by atoms with E-state index in [9.17, 15) is 4.79 Å². The molecule has 2 aromatic carbocycles. The topological polar surface area (TPSA) is 58.5 Å². The lowest BCUT2D eigenvalue weighted by Crippen LogP contribution is -2.40. The lowest BCUT2D eigenvalue weighted by molar-refractivity contribution is 0.0973. The molecule has 1 aromatic heterocycles. The van der Waals surface area contributed by atoms with Crippen LogP contribution in [0.15, 0.2) is 67.3 Å². The summed E-state index contributed by atoms with van der Waals surface area (Å²) in [4.78, 5) is 15.2. The van der Waals surface area contributed by atoms with Crippen LogP contribution in [0.4, 0.5) is 11.4 Å².